The molecule has 8 heteroatoms. The predicted molar refractivity (Wildman–Crippen MR) is 72.9 cm³/mol. The molecule has 0 saturated carbocycles. The second-order valence-electron chi connectivity index (χ2n) is 4.45. The van der Waals surface area contributed by atoms with Gasteiger partial charge in [0, 0.05) is 19.3 Å². The predicted octanol–water partition coefficient (Wildman–Crippen LogP) is -1.26. The van der Waals surface area contributed by atoms with Gasteiger partial charge >= 0.3 is 0 Å². The monoisotopic (exact) mass is 296 g/mol. The summed E-state index contributed by atoms with van der Waals surface area (Å²) in [5.41, 5.74) is 0. The zero-order chi connectivity index (χ0) is 14.7. The van der Waals surface area contributed by atoms with Crippen molar-refractivity contribution in [3.63, 3.8) is 0 Å². The molecule has 0 atom stereocenters. The maximum atomic E-state index is 11.3. The van der Waals surface area contributed by atoms with Gasteiger partial charge in [0.05, 0.1) is 25.6 Å². The number of rotatable bonds is 11. The SMILES string of the molecule is CN(C)CCOCC(=O)NCCOCCS(C)(=O)=O. The van der Waals surface area contributed by atoms with Crippen molar-refractivity contribution in [2.45, 2.75) is 0 Å². The van der Waals surface area contributed by atoms with E-state index in [2.05, 4.69) is 5.32 Å². The Morgan fingerprint density at radius 2 is 1.84 bits per heavy atom. The number of nitrogens with one attached hydrogen (secondary N) is 1. The lowest BCUT2D eigenvalue weighted by atomic mass is 10.5. The van der Waals surface area contributed by atoms with Crippen LogP contribution in [0.15, 0.2) is 0 Å². The first kappa shape index (κ1) is 18.3. The quantitative estimate of drug-likeness (QED) is 0.479. The minimum atomic E-state index is -2.99. The van der Waals surface area contributed by atoms with Gasteiger partial charge in [0.25, 0.3) is 0 Å². The van der Waals surface area contributed by atoms with Crippen molar-refractivity contribution in [2.24, 2.45) is 0 Å². The van der Waals surface area contributed by atoms with E-state index >= 15 is 0 Å². The average Bonchev–Trinajstić information content (AvgIpc) is 2.27. The zero-order valence-corrected chi connectivity index (χ0v) is 12.7. The lowest BCUT2D eigenvalue weighted by molar-refractivity contribution is -0.126. The first-order valence-electron chi connectivity index (χ1n) is 6.06. The molecular weight excluding hydrogens is 272 g/mol. The molecule has 0 saturated heterocycles. The first-order valence-corrected chi connectivity index (χ1v) is 8.12. The summed E-state index contributed by atoms with van der Waals surface area (Å²) in [6.45, 7) is 2.08. The Labute approximate surface area is 115 Å². The highest BCUT2D eigenvalue weighted by Crippen LogP contribution is 1.84. The minimum absolute atomic E-state index is 0.00536. The van der Waals surface area contributed by atoms with Gasteiger partial charge in [0.1, 0.15) is 16.4 Å². The molecule has 0 aromatic carbocycles. The molecular formula is C11H24N2O5S. The number of ether oxygens (including phenoxy) is 2. The second-order valence-corrected chi connectivity index (χ2v) is 6.71. The third-order valence-corrected chi connectivity index (χ3v) is 2.99. The van der Waals surface area contributed by atoms with Gasteiger partial charge in [-0.05, 0) is 14.1 Å². The number of carbonyl (C=O) groups is 1. The number of likely N-dealkylation sites (N-methyl/N-ethyl adjacent to an activating group) is 1. The standard InChI is InChI=1S/C11H24N2O5S/c1-13(2)5-7-18-10-11(14)12-4-6-17-8-9-19(3,15)16/h4-10H2,1-3H3,(H,12,14). The van der Waals surface area contributed by atoms with Crippen LogP contribution in [0.25, 0.3) is 0 Å². The van der Waals surface area contributed by atoms with E-state index in [1.807, 2.05) is 19.0 Å². The van der Waals surface area contributed by atoms with Gasteiger partial charge in [0.2, 0.25) is 5.91 Å². The highest BCUT2D eigenvalue weighted by Gasteiger charge is 2.03. The molecule has 0 aromatic rings. The Hall–Kier alpha value is -0.700. The lowest BCUT2D eigenvalue weighted by Crippen LogP contribution is -2.32. The Kier molecular flexibility index (Phi) is 9.76. The molecule has 19 heavy (non-hydrogen) atoms. The second kappa shape index (κ2) is 10.1. The van der Waals surface area contributed by atoms with Crippen LogP contribution >= 0.6 is 0 Å². The molecule has 114 valence electrons. The van der Waals surface area contributed by atoms with Crippen LogP contribution in [-0.4, -0.2) is 84.8 Å². The molecule has 0 aliphatic carbocycles. The summed E-state index contributed by atoms with van der Waals surface area (Å²) >= 11 is 0. The Bertz CT molecular complexity index is 343. The number of hydrogen-bond donors (Lipinski definition) is 1. The fourth-order valence-corrected chi connectivity index (χ4v) is 1.46. The van der Waals surface area contributed by atoms with Gasteiger partial charge in [-0.2, -0.15) is 0 Å². The fourth-order valence-electron chi connectivity index (χ4n) is 1.04. The highest BCUT2D eigenvalue weighted by molar-refractivity contribution is 7.90. The van der Waals surface area contributed by atoms with Crippen LogP contribution in [0.1, 0.15) is 0 Å². The molecule has 0 spiro atoms. The smallest absolute Gasteiger partial charge is 0.246 e. The number of carbonyl (C=O) groups excluding carboxylic acids is 1. The van der Waals surface area contributed by atoms with Crippen LogP contribution in [-0.2, 0) is 24.1 Å². The number of sulfone groups is 1. The summed E-state index contributed by atoms with van der Waals surface area (Å²) in [6.07, 6.45) is 1.16. The van der Waals surface area contributed by atoms with Gasteiger partial charge in [-0.25, -0.2) is 8.42 Å². The zero-order valence-electron chi connectivity index (χ0n) is 11.8. The third-order valence-electron chi connectivity index (χ3n) is 2.08. The number of nitrogens with zero attached hydrogens (tertiary/aromatic N) is 1. The molecule has 0 aromatic heterocycles. The fraction of sp³-hybridized carbons (Fsp3) is 0.909. The van der Waals surface area contributed by atoms with E-state index in [9.17, 15) is 13.2 Å². The first-order chi connectivity index (χ1) is 8.81. The molecule has 1 amide bonds. The van der Waals surface area contributed by atoms with Crippen LogP contribution in [0.4, 0.5) is 0 Å². The topological polar surface area (TPSA) is 84.9 Å². The summed E-state index contributed by atoms with van der Waals surface area (Å²) in [5.74, 6) is -0.209. The van der Waals surface area contributed by atoms with E-state index in [4.69, 9.17) is 9.47 Å². The summed E-state index contributed by atoms with van der Waals surface area (Å²) < 4.78 is 31.8. The van der Waals surface area contributed by atoms with E-state index in [1.54, 1.807) is 0 Å². The van der Waals surface area contributed by atoms with Crippen molar-refractivity contribution in [2.75, 3.05) is 65.6 Å². The Balaban J connectivity index is 3.34. The third kappa shape index (κ3) is 15.2. The maximum absolute atomic E-state index is 11.3. The van der Waals surface area contributed by atoms with Crippen molar-refractivity contribution in [1.29, 1.82) is 0 Å². The van der Waals surface area contributed by atoms with Gasteiger partial charge in [0.15, 0.2) is 0 Å². The minimum Gasteiger partial charge on any atom is -0.379 e. The van der Waals surface area contributed by atoms with Crippen molar-refractivity contribution in [3.05, 3.63) is 0 Å². The molecule has 0 unspecified atom stereocenters. The Morgan fingerprint density at radius 1 is 1.16 bits per heavy atom. The van der Waals surface area contributed by atoms with Crippen LogP contribution in [0, 0.1) is 0 Å². The van der Waals surface area contributed by atoms with E-state index in [1.165, 1.54) is 0 Å². The van der Waals surface area contributed by atoms with Crippen LogP contribution in [0.3, 0.4) is 0 Å². The molecule has 0 aliphatic heterocycles. The van der Waals surface area contributed by atoms with E-state index < -0.39 is 9.84 Å². The van der Waals surface area contributed by atoms with Crippen LogP contribution < -0.4 is 5.32 Å². The summed E-state index contributed by atoms with van der Waals surface area (Å²) in [4.78, 5) is 13.2. The van der Waals surface area contributed by atoms with Gasteiger partial charge < -0.3 is 19.7 Å². The highest BCUT2D eigenvalue weighted by atomic mass is 32.2. The van der Waals surface area contributed by atoms with Crippen LogP contribution in [0.5, 0.6) is 0 Å². The van der Waals surface area contributed by atoms with E-state index in [0.717, 1.165) is 12.8 Å². The van der Waals surface area contributed by atoms with Crippen LogP contribution in [0.2, 0.25) is 0 Å². The molecule has 7 nitrogen and oxygen atoms in total. The largest absolute Gasteiger partial charge is 0.379 e. The summed E-state index contributed by atoms with van der Waals surface area (Å²) in [6, 6.07) is 0. The molecule has 0 radical (unpaired) electrons. The van der Waals surface area contributed by atoms with Crippen molar-refractivity contribution >= 4 is 15.7 Å². The summed E-state index contributed by atoms with van der Waals surface area (Å²) in [5, 5.41) is 2.62. The normalized spacial score (nSPS) is 11.8. The molecule has 0 rings (SSSR count). The summed E-state index contributed by atoms with van der Waals surface area (Å²) in [7, 11) is 0.870. The maximum Gasteiger partial charge on any atom is 0.246 e. The lowest BCUT2D eigenvalue weighted by Gasteiger charge is -2.10. The number of amides is 1. The molecule has 0 fully saturated rings. The molecule has 0 aliphatic rings. The van der Waals surface area contributed by atoms with Gasteiger partial charge in [-0.3, -0.25) is 4.79 Å². The van der Waals surface area contributed by atoms with Gasteiger partial charge in [-0.1, -0.05) is 0 Å². The van der Waals surface area contributed by atoms with Gasteiger partial charge in [-0.15, -0.1) is 0 Å². The average molecular weight is 296 g/mol. The van der Waals surface area contributed by atoms with Crippen molar-refractivity contribution in [3.8, 4) is 0 Å². The van der Waals surface area contributed by atoms with E-state index in [-0.39, 0.29) is 24.9 Å². The molecule has 0 heterocycles. The van der Waals surface area contributed by atoms with Crippen molar-refractivity contribution < 1.29 is 22.7 Å². The van der Waals surface area contributed by atoms with E-state index in [0.29, 0.717) is 19.8 Å². The molecule has 0 bridgehead atoms. The number of hydrogen-bond acceptors (Lipinski definition) is 6. The Morgan fingerprint density at radius 3 is 2.42 bits per heavy atom. The molecule has 1 N–H and O–H groups in total. The van der Waals surface area contributed by atoms with Crippen molar-refractivity contribution in [1.82, 2.24) is 10.2 Å².